The summed E-state index contributed by atoms with van der Waals surface area (Å²) in [4.78, 5) is 51.1. The number of carboxylic acids is 2. The number of nitrogens with two attached hydrogens (primary N) is 2. The Morgan fingerprint density at radius 3 is 2.08 bits per heavy atom. The zero-order valence-electron chi connectivity index (χ0n) is 12.4. The first-order chi connectivity index (χ1) is 11.0. The molecule has 0 bridgehead atoms. The lowest BCUT2D eigenvalue weighted by Gasteiger charge is -2.16. The van der Waals surface area contributed by atoms with Crippen LogP contribution in [0, 0.1) is 0 Å². The molecule has 3 atom stereocenters. The van der Waals surface area contributed by atoms with Gasteiger partial charge in [0.15, 0.2) is 0 Å². The van der Waals surface area contributed by atoms with Gasteiger partial charge < -0.3 is 26.6 Å². The Hall–Kier alpha value is -1.79. The highest BCUT2D eigenvalue weighted by molar-refractivity contribution is 7.80. The summed E-state index contributed by atoms with van der Waals surface area (Å²) >= 11 is 3.87. The molecule has 0 radical (unpaired) electrons. The topological polar surface area (TPSA) is 222 Å². The summed E-state index contributed by atoms with van der Waals surface area (Å²) in [5.74, 6) is -3.70. The third kappa shape index (κ3) is 15.1. The molecule has 0 aromatic carbocycles. The van der Waals surface area contributed by atoms with Gasteiger partial charge in [0.1, 0.15) is 18.6 Å². The summed E-state index contributed by atoms with van der Waals surface area (Å²) in [6.45, 7) is -0.567. The van der Waals surface area contributed by atoms with Gasteiger partial charge in [0.2, 0.25) is 11.8 Å². The van der Waals surface area contributed by atoms with Crippen molar-refractivity contribution in [1.82, 2.24) is 10.6 Å². The molecule has 0 rings (SSSR count). The Kier molecular flexibility index (Phi) is 13.9. The molecular weight excluding hydrogens is 367 g/mol. The fourth-order valence-corrected chi connectivity index (χ4v) is 1.41. The lowest BCUT2D eigenvalue weighted by molar-refractivity contribution is -0.139. The van der Waals surface area contributed by atoms with E-state index in [0.717, 1.165) is 0 Å². The number of carbonyl (C=O) groups excluding carboxylic acids is 2. The fourth-order valence-electron chi connectivity index (χ4n) is 1.16. The number of aliphatic carboxylic acids is 2. The van der Waals surface area contributed by atoms with Crippen molar-refractivity contribution in [3.05, 3.63) is 0 Å². The second-order valence-electron chi connectivity index (χ2n) is 4.20. The van der Waals surface area contributed by atoms with Crippen molar-refractivity contribution in [3.63, 3.8) is 0 Å². The van der Waals surface area contributed by atoms with E-state index in [-0.39, 0.29) is 18.6 Å². The van der Waals surface area contributed by atoms with Crippen LogP contribution in [0.25, 0.3) is 0 Å². The second kappa shape index (κ2) is 13.6. The molecule has 12 nitrogen and oxygen atoms in total. The van der Waals surface area contributed by atoms with Crippen LogP contribution in [0.5, 0.6) is 0 Å². The molecular formula is C10H20N4O8PS+. The van der Waals surface area contributed by atoms with E-state index in [0.29, 0.717) is 0 Å². The average molecular weight is 387 g/mol. The average Bonchev–Trinajstić information content (AvgIpc) is 2.46. The van der Waals surface area contributed by atoms with Crippen LogP contribution in [-0.4, -0.2) is 63.2 Å². The molecule has 0 saturated carbocycles. The molecule has 9 N–H and O–H groups in total. The predicted molar refractivity (Wildman–Crippen MR) is 85.3 cm³/mol. The Labute approximate surface area is 143 Å². The molecule has 2 amide bonds. The number of nitrogens with one attached hydrogen (secondary N) is 2. The van der Waals surface area contributed by atoms with Crippen molar-refractivity contribution in [1.29, 1.82) is 0 Å². The molecule has 0 aliphatic heterocycles. The number of carboxylic acid groups (broad SMARTS) is 2. The SMILES string of the molecule is N[C@@H](CCC(=O)N[C@@H](CS)C(=O)NCC(=O)O)C(=O)O.N[P+](=O)O. The first kappa shape index (κ1) is 24.5. The van der Waals surface area contributed by atoms with Crippen molar-refractivity contribution in [2.45, 2.75) is 24.9 Å². The van der Waals surface area contributed by atoms with Crippen molar-refractivity contribution in [2.75, 3.05) is 12.3 Å². The van der Waals surface area contributed by atoms with Gasteiger partial charge in [-0.15, -0.1) is 4.89 Å². The van der Waals surface area contributed by atoms with Crippen LogP contribution >= 0.6 is 20.8 Å². The third-order valence-electron chi connectivity index (χ3n) is 2.25. The third-order valence-corrected chi connectivity index (χ3v) is 2.61. The van der Waals surface area contributed by atoms with Crippen molar-refractivity contribution in [3.8, 4) is 0 Å². The molecule has 138 valence electrons. The molecule has 24 heavy (non-hydrogen) atoms. The number of thiol groups is 1. The second-order valence-corrected chi connectivity index (χ2v) is 5.17. The summed E-state index contributed by atoms with van der Waals surface area (Å²) in [6.07, 6.45) is -0.235. The highest BCUT2D eigenvalue weighted by Crippen LogP contribution is 1.97. The van der Waals surface area contributed by atoms with Crippen LogP contribution in [0.2, 0.25) is 0 Å². The van der Waals surface area contributed by atoms with Gasteiger partial charge in [-0.1, -0.05) is 5.50 Å². The van der Waals surface area contributed by atoms with Crippen LogP contribution < -0.4 is 21.9 Å². The van der Waals surface area contributed by atoms with Gasteiger partial charge in [0, 0.05) is 12.2 Å². The molecule has 0 fully saturated rings. The summed E-state index contributed by atoms with van der Waals surface area (Å²) < 4.78 is 8.93. The zero-order chi connectivity index (χ0) is 19.3. The maximum atomic E-state index is 11.5. The highest BCUT2D eigenvalue weighted by Gasteiger charge is 2.20. The summed E-state index contributed by atoms with van der Waals surface area (Å²) in [7, 11) is -2.37. The van der Waals surface area contributed by atoms with E-state index in [1.165, 1.54) is 0 Å². The number of hydrogen-bond donors (Lipinski definition) is 8. The molecule has 14 heteroatoms. The number of carbonyl (C=O) groups is 4. The van der Waals surface area contributed by atoms with Crippen LogP contribution in [0.1, 0.15) is 12.8 Å². The van der Waals surface area contributed by atoms with Crippen molar-refractivity contribution in [2.24, 2.45) is 11.2 Å². The van der Waals surface area contributed by atoms with Gasteiger partial charge in [-0.05, 0) is 11.0 Å². The minimum atomic E-state index is -2.37. The largest absolute Gasteiger partial charge is 0.607 e. The highest BCUT2D eigenvalue weighted by atomic mass is 32.1. The quantitative estimate of drug-likeness (QED) is 0.152. The van der Waals surface area contributed by atoms with Crippen LogP contribution in [0.15, 0.2) is 0 Å². The zero-order valence-corrected chi connectivity index (χ0v) is 14.2. The van der Waals surface area contributed by atoms with Gasteiger partial charge in [-0.3, -0.25) is 19.2 Å². The summed E-state index contributed by atoms with van der Waals surface area (Å²) in [6, 6.07) is -2.15. The van der Waals surface area contributed by atoms with Gasteiger partial charge >= 0.3 is 20.1 Å². The molecule has 0 aliphatic carbocycles. The smallest absolute Gasteiger partial charge is 0.480 e. The molecule has 0 aromatic heterocycles. The molecule has 0 heterocycles. The Bertz CT molecular complexity index is 474. The molecule has 0 aromatic rings. The van der Waals surface area contributed by atoms with Gasteiger partial charge in [0.25, 0.3) is 0 Å². The number of hydrogen-bond acceptors (Lipinski definition) is 7. The first-order valence-electron chi connectivity index (χ1n) is 6.30. The standard InChI is InChI=1S/C10H17N3O6S.H2NO2P/c11-5(10(18)19)1-2-7(14)13-6(4-20)9(17)12-3-8(15)16;1-4(2)3/h5-6,20H,1-4,11H2,(H,12,17)(H,13,14)(H,15,16)(H,18,19);(H2-,1,2,3)/p+1/t5-,6-;/m0./s1. The number of rotatable bonds is 9. The van der Waals surface area contributed by atoms with E-state index in [1.54, 1.807) is 0 Å². The van der Waals surface area contributed by atoms with Crippen LogP contribution in [0.3, 0.4) is 0 Å². The van der Waals surface area contributed by atoms with Gasteiger partial charge in [-0.2, -0.15) is 12.6 Å². The summed E-state index contributed by atoms with van der Waals surface area (Å²) in [5, 5.41) is 21.4. The van der Waals surface area contributed by atoms with Crippen LogP contribution in [-0.2, 0) is 23.7 Å². The first-order valence-corrected chi connectivity index (χ1v) is 8.21. The lowest BCUT2D eigenvalue weighted by Crippen LogP contribution is -2.49. The van der Waals surface area contributed by atoms with E-state index >= 15 is 0 Å². The van der Waals surface area contributed by atoms with Crippen molar-refractivity contribution < 1.29 is 38.8 Å². The van der Waals surface area contributed by atoms with E-state index in [1.807, 2.05) is 0 Å². The lowest BCUT2D eigenvalue weighted by atomic mass is 10.1. The van der Waals surface area contributed by atoms with E-state index in [2.05, 4.69) is 28.8 Å². The van der Waals surface area contributed by atoms with E-state index in [4.69, 9.17) is 25.4 Å². The molecule has 0 spiro atoms. The monoisotopic (exact) mass is 387 g/mol. The molecule has 0 saturated heterocycles. The van der Waals surface area contributed by atoms with E-state index < -0.39 is 50.6 Å². The normalized spacial score (nSPS) is 12.8. The van der Waals surface area contributed by atoms with Crippen molar-refractivity contribution >= 4 is 44.6 Å². The molecule has 1 unspecified atom stereocenters. The maximum absolute atomic E-state index is 11.5. The number of amides is 2. The predicted octanol–water partition coefficient (Wildman–Crippen LogP) is -2.61. The van der Waals surface area contributed by atoms with E-state index in [9.17, 15) is 19.2 Å². The summed E-state index contributed by atoms with van der Waals surface area (Å²) in [5.41, 5.74) is 9.41. The Balaban J connectivity index is 0. The fraction of sp³-hybridized carbons (Fsp3) is 0.600. The molecule has 0 aliphatic rings. The maximum Gasteiger partial charge on any atom is 0.607 e. The minimum absolute atomic E-state index is 0.0256. The Morgan fingerprint density at radius 2 is 1.71 bits per heavy atom. The van der Waals surface area contributed by atoms with Crippen LogP contribution in [0.4, 0.5) is 0 Å². The Morgan fingerprint density at radius 1 is 1.21 bits per heavy atom. The van der Waals surface area contributed by atoms with Gasteiger partial charge in [-0.25, -0.2) is 0 Å². The minimum Gasteiger partial charge on any atom is -0.480 e. The van der Waals surface area contributed by atoms with Gasteiger partial charge in [0.05, 0.1) is 0 Å².